The summed E-state index contributed by atoms with van der Waals surface area (Å²) < 4.78 is 30.7. The molecule has 77 heavy (non-hydrogen) atoms. The highest BCUT2D eigenvalue weighted by Gasteiger charge is 2.30. The topological polar surface area (TPSA) is 111 Å². The number of carbonyl (C=O) groups excluding carboxylic acids is 2. The van der Waals surface area contributed by atoms with Crippen LogP contribution in [0.5, 0.6) is 0 Å². The van der Waals surface area contributed by atoms with Crippen LogP contribution in [0.15, 0.2) is 60.8 Å². The molecule has 450 valence electrons. The molecule has 0 aliphatic carbocycles. The maximum Gasteiger partial charge on any atom is 0.472 e. The maximum atomic E-state index is 13.6. The second kappa shape index (κ2) is 57.0. The van der Waals surface area contributed by atoms with E-state index >= 15 is 0 Å². The molecule has 9 nitrogen and oxygen atoms in total. The first-order chi connectivity index (χ1) is 37.4. The molecule has 0 fully saturated rings. The third-order valence-electron chi connectivity index (χ3n) is 14.5. The minimum absolute atomic E-state index is 0.0362. The van der Waals surface area contributed by atoms with Crippen LogP contribution < -0.4 is 5.32 Å². The Balaban J connectivity index is 5.27. The lowest BCUT2D eigenvalue weighted by molar-refractivity contribution is -0.870. The van der Waals surface area contributed by atoms with Gasteiger partial charge in [-0.15, -0.1) is 0 Å². The minimum atomic E-state index is -4.46. The molecule has 0 aliphatic heterocycles. The summed E-state index contributed by atoms with van der Waals surface area (Å²) >= 11 is 0. The van der Waals surface area contributed by atoms with E-state index in [4.69, 9.17) is 13.8 Å². The second-order valence-corrected chi connectivity index (χ2v) is 24.7. The van der Waals surface area contributed by atoms with E-state index in [1.54, 1.807) is 0 Å². The normalized spacial score (nSPS) is 14.0. The number of ether oxygens (including phenoxy) is 1. The number of nitrogens with zero attached hydrogens (tertiary/aromatic N) is 1. The highest BCUT2D eigenvalue weighted by molar-refractivity contribution is 7.47. The summed E-state index contributed by atoms with van der Waals surface area (Å²) in [6.07, 6.45) is 72.1. The van der Waals surface area contributed by atoms with Gasteiger partial charge in [0.1, 0.15) is 19.3 Å². The number of nitrogens with one attached hydrogen (secondary N) is 1. The highest BCUT2D eigenvalue weighted by atomic mass is 31.2. The number of hydrogen-bond acceptors (Lipinski definition) is 6. The number of hydrogen-bond donors (Lipinski definition) is 2. The van der Waals surface area contributed by atoms with Gasteiger partial charge in [-0.05, 0) is 76.7 Å². The summed E-state index contributed by atoms with van der Waals surface area (Å²) in [5.74, 6) is -0.515. The lowest BCUT2D eigenvalue weighted by Crippen LogP contribution is -2.47. The fraction of sp³-hybridized carbons (Fsp3) is 0.821. The molecule has 10 heteroatoms. The van der Waals surface area contributed by atoms with Crippen LogP contribution in [0.1, 0.15) is 303 Å². The maximum absolute atomic E-state index is 13.6. The summed E-state index contributed by atoms with van der Waals surface area (Å²) in [5, 5.41) is 3.06. The van der Waals surface area contributed by atoms with Gasteiger partial charge in [0, 0.05) is 12.8 Å². The van der Waals surface area contributed by atoms with Crippen molar-refractivity contribution >= 4 is 19.7 Å². The molecule has 0 radical (unpaired) electrons. The van der Waals surface area contributed by atoms with Gasteiger partial charge in [0.15, 0.2) is 0 Å². The SMILES string of the molecule is CCCCC/C=C\C/C=C\C/C=C\C/C=C\CCCCCCCC(=O)NC(COP(=O)(O)OCC[N+](C)(C)C)C(/C=C/CCCCCCCCCCCCC)OC(=O)CCCCCCCCCCCCCCCCCCC. The van der Waals surface area contributed by atoms with Crippen molar-refractivity contribution in [2.75, 3.05) is 40.9 Å². The van der Waals surface area contributed by atoms with Gasteiger partial charge in [0.05, 0.1) is 33.8 Å². The van der Waals surface area contributed by atoms with Crippen LogP contribution in [-0.4, -0.2) is 74.3 Å². The van der Waals surface area contributed by atoms with Crippen LogP contribution in [0.2, 0.25) is 0 Å². The van der Waals surface area contributed by atoms with Crippen molar-refractivity contribution in [3.8, 4) is 0 Å². The lowest BCUT2D eigenvalue weighted by Gasteiger charge is -2.27. The molecule has 0 rings (SSSR count). The fourth-order valence-corrected chi connectivity index (χ4v) is 10.1. The van der Waals surface area contributed by atoms with Crippen molar-refractivity contribution in [1.82, 2.24) is 5.32 Å². The first-order valence-electron chi connectivity index (χ1n) is 32.6. The molecular formula is C67H126N2O7P+. The van der Waals surface area contributed by atoms with Gasteiger partial charge in [-0.2, -0.15) is 0 Å². The van der Waals surface area contributed by atoms with E-state index < -0.39 is 20.0 Å². The van der Waals surface area contributed by atoms with E-state index in [-0.39, 0.29) is 31.5 Å². The number of allylic oxidation sites excluding steroid dienone is 9. The number of esters is 1. The highest BCUT2D eigenvalue weighted by Crippen LogP contribution is 2.43. The van der Waals surface area contributed by atoms with Crippen molar-refractivity contribution in [1.29, 1.82) is 0 Å². The van der Waals surface area contributed by atoms with E-state index in [9.17, 15) is 19.0 Å². The van der Waals surface area contributed by atoms with Gasteiger partial charge in [-0.1, -0.05) is 275 Å². The first-order valence-corrected chi connectivity index (χ1v) is 34.1. The predicted molar refractivity (Wildman–Crippen MR) is 332 cm³/mol. The van der Waals surface area contributed by atoms with E-state index in [0.717, 1.165) is 96.3 Å². The molecule has 0 heterocycles. The average molecular weight is 1100 g/mol. The molecule has 0 aromatic rings. The number of quaternary nitrogens is 1. The Hall–Kier alpha value is -2.29. The molecule has 0 saturated heterocycles. The molecule has 3 unspecified atom stereocenters. The summed E-state index contributed by atoms with van der Waals surface area (Å²) in [6.45, 7) is 7.00. The predicted octanol–water partition coefficient (Wildman–Crippen LogP) is 20.2. The number of phosphoric ester groups is 1. The summed E-state index contributed by atoms with van der Waals surface area (Å²) in [7, 11) is 1.49. The second-order valence-electron chi connectivity index (χ2n) is 23.3. The smallest absolute Gasteiger partial charge is 0.456 e. The minimum Gasteiger partial charge on any atom is -0.456 e. The molecule has 3 atom stereocenters. The Morgan fingerprint density at radius 3 is 1.21 bits per heavy atom. The first kappa shape index (κ1) is 74.7. The number of rotatable bonds is 59. The Bertz CT molecular complexity index is 1500. The van der Waals surface area contributed by atoms with Crippen LogP contribution in [0.4, 0.5) is 0 Å². The van der Waals surface area contributed by atoms with E-state index in [2.05, 4.69) is 74.7 Å². The average Bonchev–Trinajstić information content (AvgIpc) is 3.39. The molecule has 0 spiro atoms. The Kier molecular flexibility index (Phi) is 55.3. The molecule has 2 N–H and O–H groups in total. The van der Waals surface area contributed by atoms with Gasteiger partial charge < -0.3 is 19.4 Å². The standard InChI is InChI=1S/C67H125N2O7P/c1-7-10-13-16-19-22-25-28-30-32-33-34-35-37-38-41-44-47-50-53-56-59-66(70)68-64(63-75-77(72,73)74-62-61-69(4,5)6)65(58-55-52-49-46-43-40-27-24-21-18-15-12-9-3)76-67(71)60-57-54-51-48-45-42-39-36-31-29-26-23-20-17-14-11-8-2/h19,22,28,30,33-34,37-38,55,58,64-65H,7-18,20-21,23-27,29,31-32,35-36,39-54,56-57,59-63H2,1-6H3,(H-,68,70,72,73)/p+1/b22-19-,30-28-,34-33-,38-37-,58-55+. The van der Waals surface area contributed by atoms with Crippen LogP contribution in [0.25, 0.3) is 0 Å². The van der Waals surface area contributed by atoms with Crippen LogP contribution in [0, 0.1) is 0 Å². The van der Waals surface area contributed by atoms with Crippen LogP contribution in [0.3, 0.4) is 0 Å². The van der Waals surface area contributed by atoms with Crippen LogP contribution >= 0.6 is 7.82 Å². The fourth-order valence-electron chi connectivity index (χ4n) is 9.40. The van der Waals surface area contributed by atoms with Gasteiger partial charge in [0.25, 0.3) is 0 Å². The van der Waals surface area contributed by atoms with Crippen molar-refractivity contribution in [3.05, 3.63) is 60.8 Å². The zero-order valence-corrected chi connectivity index (χ0v) is 52.3. The van der Waals surface area contributed by atoms with Gasteiger partial charge >= 0.3 is 13.8 Å². The summed E-state index contributed by atoms with van der Waals surface area (Å²) in [6, 6.07) is -0.858. The summed E-state index contributed by atoms with van der Waals surface area (Å²) in [5.41, 5.74) is 0. The number of carbonyl (C=O) groups is 2. The monoisotopic (exact) mass is 1100 g/mol. The number of phosphoric acid groups is 1. The number of unbranched alkanes of at least 4 members (excludes halogenated alkanes) is 35. The Labute approximate surface area is 477 Å². The third kappa shape index (κ3) is 58.2. The zero-order chi connectivity index (χ0) is 56.4. The van der Waals surface area contributed by atoms with E-state index in [1.807, 2.05) is 33.3 Å². The van der Waals surface area contributed by atoms with Gasteiger partial charge in [0.2, 0.25) is 5.91 Å². The van der Waals surface area contributed by atoms with E-state index in [1.165, 1.54) is 173 Å². The van der Waals surface area contributed by atoms with E-state index in [0.29, 0.717) is 17.4 Å². The third-order valence-corrected chi connectivity index (χ3v) is 15.4. The van der Waals surface area contributed by atoms with Crippen molar-refractivity contribution in [3.63, 3.8) is 0 Å². The molecular weight excluding hydrogens is 976 g/mol. The van der Waals surface area contributed by atoms with Crippen LogP contribution in [-0.2, 0) is 27.9 Å². The quantitative estimate of drug-likeness (QED) is 0.0205. The number of amides is 1. The Morgan fingerprint density at radius 1 is 0.455 bits per heavy atom. The lowest BCUT2D eigenvalue weighted by atomic mass is 10.0. The molecule has 0 saturated carbocycles. The largest absolute Gasteiger partial charge is 0.472 e. The van der Waals surface area contributed by atoms with Gasteiger partial charge in [-0.25, -0.2) is 4.57 Å². The number of likely N-dealkylation sites (N-methyl/N-ethyl adjacent to an activating group) is 1. The van der Waals surface area contributed by atoms with Gasteiger partial charge in [-0.3, -0.25) is 18.6 Å². The Morgan fingerprint density at radius 2 is 0.792 bits per heavy atom. The molecule has 1 amide bonds. The molecule has 0 aromatic carbocycles. The zero-order valence-electron chi connectivity index (χ0n) is 51.5. The molecule has 0 bridgehead atoms. The molecule has 0 aliphatic rings. The van der Waals surface area contributed by atoms with Crippen molar-refractivity contribution < 1.29 is 37.3 Å². The van der Waals surface area contributed by atoms with Crippen molar-refractivity contribution in [2.45, 2.75) is 315 Å². The molecule has 0 aromatic heterocycles. The summed E-state index contributed by atoms with van der Waals surface area (Å²) in [4.78, 5) is 37.8. The van der Waals surface area contributed by atoms with Crippen molar-refractivity contribution in [2.24, 2.45) is 0 Å².